The molecule has 0 unspecified atom stereocenters. The second-order valence-corrected chi connectivity index (χ2v) is 11.2. The van der Waals surface area contributed by atoms with Gasteiger partial charge in [0.2, 0.25) is 0 Å². The maximum Gasteiger partial charge on any atom is 0.408 e. The van der Waals surface area contributed by atoms with Crippen molar-refractivity contribution in [1.29, 1.82) is 0 Å². The van der Waals surface area contributed by atoms with E-state index in [2.05, 4.69) is 10.3 Å². The zero-order chi connectivity index (χ0) is 35.6. The standard InChI is InChI=1S/C35H31F5N4O5/c1-5-27(35(38,39)40)42-19-16-23(36)29(24(37)17-19)32(45)43-25(34(47)49-4)15-18-12-13-22(30-20(18)10-8-14-41-30)28-31(48-3)21-9-6-7-11-26(21)44(2)33(28)46/h6-14,16-17,25,27,42H,5,15H2,1-4H3,(H,43,45)/t25-,27+/m0/s1. The zero-order valence-corrected chi connectivity index (χ0v) is 26.7. The molecule has 2 N–H and O–H groups in total. The first-order valence-corrected chi connectivity index (χ1v) is 15.0. The number of halogens is 5. The summed E-state index contributed by atoms with van der Waals surface area (Å²) < 4.78 is 81.7. The lowest BCUT2D eigenvalue weighted by Gasteiger charge is -2.22. The van der Waals surface area contributed by atoms with E-state index in [-0.39, 0.29) is 17.5 Å². The van der Waals surface area contributed by atoms with Gasteiger partial charge in [-0.3, -0.25) is 14.6 Å². The maximum absolute atomic E-state index is 15.0. The Kier molecular flexibility index (Phi) is 9.88. The number of benzene rings is 3. The molecular weight excluding hydrogens is 651 g/mol. The summed E-state index contributed by atoms with van der Waals surface area (Å²) in [6, 6.07) is 11.4. The summed E-state index contributed by atoms with van der Waals surface area (Å²) in [5.41, 5.74) is 0.240. The minimum atomic E-state index is -4.68. The molecule has 0 saturated carbocycles. The van der Waals surface area contributed by atoms with Gasteiger partial charge in [0, 0.05) is 41.7 Å². The Bertz CT molecular complexity index is 2110. The van der Waals surface area contributed by atoms with Gasteiger partial charge in [-0.1, -0.05) is 37.3 Å². The van der Waals surface area contributed by atoms with Crippen LogP contribution in [0.25, 0.3) is 32.9 Å². The van der Waals surface area contributed by atoms with Gasteiger partial charge in [-0.2, -0.15) is 13.2 Å². The molecule has 1 amide bonds. The number of ether oxygens (including phenoxy) is 2. The van der Waals surface area contributed by atoms with Crippen LogP contribution < -0.4 is 20.9 Å². The van der Waals surface area contributed by atoms with Crippen LogP contribution in [0.4, 0.5) is 27.6 Å². The fourth-order valence-corrected chi connectivity index (χ4v) is 5.80. The minimum absolute atomic E-state index is 0.222. The Labute approximate surface area is 276 Å². The van der Waals surface area contributed by atoms with Crippen LogP contribution in [-0.2, 0) is 23.0 Å². The molecule has 0 saturated heterocycles. The molecule has 3 aromatic carbocycles. The van der Waals surface area contributed by atoms with Gasteiger partial charge in [-0.15, -0.1) is 0 Å². The van der Waals surface area contributed by atoms with Gasteiger partial charge in [0.05, 0.1) is 30.8 Å². The van der Waals surface area contributed by atoms with Crippen LogP contribution >= 0.6 is 0 Å². The predicted octanol–water partition coefficient (Wildman–Crippen LogP) is 6.31. The van der Waals surface area contributed by atoms with Crippen molar-refractivity contribution < 1.29 is 41.0 Å². The topological polar surface area (TPSA) is 112 Å². The molecule has 9 nitrogen and oxygen atoms in total. The van der Waals surface area contributed by atoms with Gasteiger partial charge in [0.1, 0.15) is 35.0 Å². The third-order valence-electron chi connectivity index (χ3n) is 8.22. The Hall–Kier alpha value is -5.53. The van der Waals surface area contributed by atoms with E-state index in [4.69, 9.17) is 9.47 Å². The quantitative estimate of drug-likeness (QED) is 0.131. The van der Waals surface area contributed by atoms with E-state index in [1.807, 2.05) is 17.4 Å². The maximum atomic E-state index is 15.0. The molecule has 49 heavy (non-hydrogen) atoms. The highest BCUT2D eigenvalue weighted by Crippen LogP contribution is 2.37. The lowest BCUT2D eigenvalue weighted by molar-refractivity contribution is -0.143. The molecule has 0 aliphatic carbocycles. The second-order valence-electron chi connectivity index (χ2n) is 11.2. The number of aryl methyl sites for hydroxylation is 1. The fraction of sp³-hybridized carbons (Fsp3) is 0.257. The van der Waals surface area contributed by atoms with E-state index in [9.17, 15) is 27.6 Å². The first kappa shape index (κ1) is 34.8. The van der Waals surface area contributed by atoms with Crippen LogP contribution in [0, 0.1) is 11.6 Å². The first-order valence-electron chi connectivity index (χ1n) is 15.0. The Morgan fingerprint density at radius 1 is 0.980 bits per heavy atom. The fourth-order valence-electron chi connectivity index (χ4n) is 5.80. The van der Waals surface area contributed by atoms with Crippen LogP contribution in [0.1, 0.15) is 29.3 Å². The summed E-state index contributed by atoms with van der Waals surface area (Å²) in [6.07, 6.45) is -3.79. The number of aromatic nitrogens is 2. The lowest BCUT2D eigenvalue weighted by Crippen LogP contribution is -2.43. The molecule has 256 valence electrons. The molecule has 5 aromatic rings. The molecule has 0 radical (unpaired) electrons. The van der Waals surface area contributed by atoms with Crippen LogP contribution in [0.3, 0.4) is 0 Å². The number of pyridine rings is 2. The van der Waals surface area contributed by atoms with Crippen molar-refractivity contribution in [3.05, 3.63) is 100.0 Å². The normalized spacial score (nSPS) is 12.8. The number of rotatable bonds is 10. The van der Waals surface area contributed by atoms with Gasteiger partial charge in [-0.05, 0) is 42.3 Å². The largest absolute Gasteiger partial charge is 0.495 e. The van der Waals surface area contributed by atoms with Crippen molar-refractivity contribution in [2.24, 2.45) is 7.05 Å². The number of para-hydroxylation sites is 1. The number of carbonyl (C=O) groups is 2. The molecule has 0 bridgehead atoms. The second kappa shape index (κ2) is 13.9. The monoisotopic (exact) mass is 682 g/mol. The van der Waals surface area contributed by atoms with Crippen LogP contribution in [0.2, 0.25) is 0 Å². The van der Waals surface area contributed by atoms with Gasteiger partial charge >= 0.3 is 12.1 Å². The molecule has 0 fully saturated rings. The Morgan fingerprint density at radius 2 is 1.65 bits per heavy atom. The summed E-state index contributed by atoms with van der Waals surface area (Å²) in [4.78, 5) is 44.2. The van der Waals surface area contributed by atoms with E-state index in [0.29, 0.717) is 50.8 Å². The van der Waals surface area contributed by atoms with Crippen molar-refractivity contribution in [2.75, 3.05) is 19.5 Å². The van der Waals surface area contributed by atoms with Crippen molar-refractivity contribution in [2.45, 2.75) is 38.0 Å². The van der Waals surface area contributed by atoms with Crippen LogP contribution in [0.15, 0.2) is 71.7 Å². The van der Waals surface area contributed by atoms with Gasteiger partial charge < -0.3 is 24.7 Å². The summed E-state index contributed by atoms with van der Waals surface area (Å²) in [5.74, 6) is -4.80. The molecule has 0 aliphatic heterocycles. The van der Waals surface area contributed by atoms with E-state index in [1.54, 1.807) is 43.4 Å². The Morgan fingerprint density at radius 3 is 2.29 bits per heavy atom. The number of amides is 1. The molecule has 14 heteroatoms. The zero-order valence-electron chi connectivity index (χ0n) is 26.7. The van der Waals surface area contributed by atoms with E-state index < -0.39 is 59.4 Å². The van der Waals surface area contributed by atoms with Crippen molar-refractivity contribution in [3.8, 4) is 16.9 Å². The third-order valence-corrected chi connectivity index (χ3v) is 8.22. The minimum Gasteiger partial charge on any atom is -0.495 e. The number of alkyl halides is 3. The predicted molar refractivity (Wildman–Crippen MR) is 174 cm³/mol. The number of carbonyl (C=O) groups excluding carboxylic acids is 2. The molecule has 0 spiro atoms. The smallest absolute Gasteiger partial charge is 0.408 e. The van der Waals surface area contributed by atoms with Gasteiger partial charge in [-0.25, -0.2) is 13.6 Å². The highest BCUT2D eigenvalue weighted by Gasteiger charge is 2.38. The van der Waals surface area contributed by atoms with Crippen molar-refractivity contribution in [3.63, 3.8) is 0 Å². The summed E-state index contributed by atoms with van der Waals surface area (Å²) in [6.45, 7) is 1.25. The third kappa shape index (κ3) is 6.76. The molecule has 2 heterocycles. The number of nitrogens with one attached hydrogen (secondary N) is 2. The number of nitrogens with zero attached hydrogens (tertiary/aromatic N) is 2. The average molecular weight is 683 g/mol. The molecule has 2 atom stereocenters. The van der Waals surface area contributed by atoms with Gasteiger partial charge in [0.15, 0.2) is 0 Å². The van der Waals surface area contributed by atoms with Gasteiger partial charge in [0.25, 0.3) is 11.5 Å². The highest BCUT2D eigenvalue weighted by atomic mass is 19.4. The molecular formula is C35H31F5N4O5. The number of esters is 1. The molecule has 0 aliphatic rings. The Balaban J connectivity index is 1.51. The number of hydrogen-bond donors (Lipinski definition) is 2. The van der Waals surface area contributed by atoms with Crippen molar-refractivity contribution in [1.82, 2.24) is 14.9 Å². The number of anilines is 1. The first-order chi connectivity index (χ1) is 23.3. The highest BCUT2D eigenvalue weighted by molar-refractivity contribution is 6.02. The average Bonchev–Trinajstić information content (AvgIpc) is 3.07. The van der Waals surface area contributed by atoms with E-state index in [0.717, 1.165) is 7.11 Å². The lowest BCUT2D eigenvalue weighted by atomic mass is 9.94. The van der Waals surface area contributed by atoms with Crippen molar-refractivity contribution >= 4 is 39.4 Å². The van der Waals surface area contributed by atoms with E-state index in [1.165, 1.54) is 24.8 Å². The number of methoxy groups -OCH3 is 2. The summed E-state index contributed by atoms with van der Waals surface area (Å²) >= 11 is 0. The van der Waals surface area contributed by atoms with E-state index >= 15 is 8.78 Å². The SMILES string of the molecule is CC[C@@H](Nc1cc(F)c(C(=O)N[C@@H](Cc2ccc(-c3c(OC)c4ccccc4n(C)c3=O)c3ncccc23)C(=O)OC)c(F)c1)C(F)(F)F. The number of hydrogen-bond acceptors (Lipinski definition) is 7. The summed E-state index contributed by atoms with van der Waals surface area (Å²) in [7, 11) is 4.17. The molecule has 2 aromatic heterocycles. The molecule has 5 rings (SSSR count). The summed E-state index contributed by atoms with van der Waals surface area (Å²) in [5, 5.41) is 5.51. The number of fused-ring (bicyclic) bond motifs is 2. The van der Waals surface area contributed by atoms with Crippen LogP contribution in [-0.4, -0.2) is 53.9 Å². The van der Waals surface area contributed by atoms with Crippen LogP contribution in [0.5, 0.6) is 5.75 Å².